The van der Waals surface area contributed by atoms with Crippen LogP contribution in [0.25, 0.3) is 32.3 Å². The Morgan fingerprint density at radius 3 is 2.15 bits per heavy atom. The van der Waals surface area contributed by atoms with Crippen LogP contribution in [0.3, 0.4) is 0 Å². The topological polar surface area (TPSA) is 0 Å². The van der Waals surface area contributed by atoms with Crippen molar-refractivity contribution in [2.75, 3.05) is 19.6 Å². The Balaban J connectivity index is 1.68. The number of unbranched alkanes of at least 4 members (excludes halogenated alkanes) is 1. The van der Waals surface area contributed by atoms with Crippen molar-refractivity contribution >= 4 is 38.0 Å². The number of fused-ring (bicyclic) bond motifs is 5. The second-order valence-corrected chi connectivity index (χ2v) is 8.23. The van der Waals surface area contributed by atoms with Gasteiger partial charge < -0.3 is 0 Å². The van der Waals surface area contributed by atoms with Gasteiger partial charge in [-0.1, -0.05) is 61.9 Å². The molecule has 0 saturated carbocycles. The molecule has 0 amide bonds. The lowest BCUT2D eigenvalue weighted by Crippen LogP contribution is -2.47. The molecule has 4 aromatic rings. The van der Waals surface area contributed by atoms with E-state index in [1.165, 1.54) is 87.8 Å². The largest absolute Gasteiger partial charge is 0.291 e. The van der Waals surface area contributed by atoms with E-state index in [0.29, 0.717) is 0 Å². The average molecular weight is 355 g/mol. The minimum absolute atomic E-state index is 1.19. The molecule has 1 nitrogen and oxygen atoms in total. The zero-order valence-corrected chi connectivity index (χ0v) is 16.2. The SMILES string of the molecule is CCCC[N+]1(c2ccc3c(ccc4c5ccccc5ccc34)c2)CCCC1. The van der Waals surface area contributed by atoms with Crippen LogP contribution >= 0.6 is 0 Å². The summed E-state index contributed by atoms with van der Waals surface area (Å²) >= 11 is 0. The summed E-state index contributed by atoms with van der Waals surface area (Å²) in [6, 6.07) is 25.2. The van der Waals surface area contributed by atoms with Crippen LogP contribution < -0.4 is 4.48 Å². The third kappa shape index (κ3) is 2.73. The molecule has 4 aromatic carbocycles. The summed E-state index contributed by atoms with van der Waals surface area (Å²) in [4.78, 5) is 0. The van der Waals surface area contributed by atoms with E-state index in [-0.39, 0.29) is 0 Å². The van der Waals surface area contributed by atoms with Crippen molar-refractivity contribution < 1.29 is 0 Å². The number of hydrogen-bond acceptors (Lipinski definition) is 0. The molecule has 1 fully saturated rings. The first kappa shape index (κ1) is 16.8. The van der Waals surface area contributed by atoms with E-state index in [1.807, 2.05) is 0 Å². The summed E-state index contributed by atoms with van der Waals surface area (Å²) in [5.74, 6) is 0. The van der Waals surface area contributed by atoms with Crippen molar-refractivity contribution in [3.63, 3.8) is 0 Å². The van der Waals surface area contributed by atoms with Gasteiger partial charge in [0.2, 0.25) is 0 Å². The zero-order valence-electron chi connectivity index (χ0n) is 16.2. The lowest BCUT2D eigenvalue weighted by molar-refractivity contribution is 0.327. The van der Waals surface area contributed by atoms with E-state index in [9.17, 15) is 0 Å². The molecule has 0 aliphatic carbocycles. The van der Waals surface area contributed by atoms with Crippen molar-refractivity contribution in [2.45, 2.75) is 32.6 Å². The first-order valence-electron chi connectivity index (χ1n) is 10.5. The van der Waals surface area contributed by atoms with Gasteiger partial charge in [0.05, 0.1) is 19.6 Å². The van der Waals surface area contributed by atoms with Crippen molar-refractivity contribution in [3.05, 3.63) is 66.7 Å². The number of benzene rings is 4. The molecule has 1 heterocycles. The highest BCUT2D eigenvalue weighted by atomic mass is 15.4. The van der Waals surface area contributed by atoms with Gasteiger partial charge in [-0.15, -0.1) is 0 Å². The van der Waals surface area contributed by atoms with E-state index >= 15 is 0 Å². The molecule has 0 aromatic heterocycles. The molecule has 0 unspecified atom stereocenters. The van der Waals surface area contributed by atoms with Crippen LogP contribution in [0.2, 0.25) is 0 Å². The molecular formula is C26H28N+. The van der Waals surface area contributed by atoms with E-state index < -0.39 is 0 Å². The summed E-state index contributed by atoms with van der Waals surface area (Å²) in [5, 5.41) is 8.18. The second-order valence-electron chi connectivity index (χ2n) is 8.23. The molecule has 1 heteroatoms. The fourth-order valence-corrected chi connectivity index (χ4v) is 5.12. The minimum atomic E-state index is 1.19. The Morgan fingerprint density at radius 2 is 1.37 bits per heavy atom. The summed E-state index contributed by atoms with van der Waals surface area (Å²) < 4.78 is 1.19. The summed E-state index contributed by atoms with van der Waals surface area (Å²) in [5.41, 5.74) is 1.52. The van der Waals surface area contributed by atoms with Gasteiger partial charge in [0.15, 0.2) is 0 Å². The highest BCUT2D eigenvalue weighted by Gasteiger charge is 2.33. The van der Waals surface area contributed by atoms with E-state index in [2.05, 4.69) is 73.7 Å². The van der Waals surface area contributed by atoms with Gasteiger partial charge in [-0.05, 0) is 50.9 Å². The fourth-order valence-electron chi connectivity index (χ4n) is 5.12. The summed E-state index contributed by atoms with van der Waals surface area (Å²) in [7, 11) is 0. The van der Waals surface area contributed by atoms with Gasteiger partial charge in [0, 0.05) is 18.9 Å². The predicted octanol–water partition coefficient (Wildman–Crippen LogP) is 7.05. The minimum Gasteiger partial charge on any atom is -0.291 e. The van der Waals surface area contributed by atoms with Crippen molar-refractivity contribution in [3.8, 4) is 0 Å². The lowest BCUT2D eigenvalue weighted by atomic mass is 9.96. The average Bonchev–Trinajstić information content (AvgIpc) is 3.21. The molecule has 1 aliphatic rings. The first-order chi connectivity index (χ1) is 13.3. The third-order valence-corrected chi connectivity index (χ3v) is 6.64. The highest BCUT2D eigenvalue weighted by Crippen LogP contribution is 2.36. The van der Waals surface area contributed by atoms with Crippen LogP contribution in [-0.4, -0.2) is 19.6 Å². The number of rotatable bonds is 4. The maximum Gasteiger partial charge on any atom is 0.133 e. The molecule has 1 aliphatic heterocycles. The molecule has 136 valence electrons. The maximum absolute atomic E-state index is 2.48. The highest BCUT2D eigenvalue weighted by molar-refractivity contribution is 6.17. The van der Waals surface area contributed by atoms with Crippen molar-refractivity contribution in [1.82, 2.24) is 4.48 Å². The Kier molecular flexibility index (Phi) is 4.13. The Morgan fingerprint density at radius 1 is 0.704 bits per heavy atom. The standard InChI is InChI=1S/C26H28N/c1-2-3-16-27(17-6-7-18-27)22-12-15-24-21(19-22)11-14-25-23-9-5-4-8-20(23)10-13-26(24)25/h4-5,8-15,19H,2-3,6-7,16-18H2,1H3/q+1. The van der Waals surface area contributed by atoms with Gasteiger partial charge in [-0.25, -0.2) is 0 Å². The van der Waals surface area contributed by atoms with Crippen LogP contribution in [-0.2, 0) is 0 Å². The van der Waals surface area contributed by atoms with E-state index in [0.717, 1.165) is 0 Å². The maximum atomic E-state index is 2.48. The molecular weight excluding hydrogens is 326 g/mol. The van der Waals surface area contributed by atoms with Gasteiger partial charge in [-0.2, -0.15) is 0 Å². The first-order valence-corrected chi connectivity index (χ1v) is 10.5. The van der Waals surface area contributed by atoms with Crippen LogP contribution in [0.15, 0.2) is 66.7 Å². The van der Waals surface area contributed by atoms with Gasteiger partial charge >= 0.3 is 0 Å². The number of quaternary nitrogens is 1. The molecule has 0 bridgehead atoms. The van der Waals surface area contributed by atoms with E-state index in [4.69, 9.17) is 0 Å². The van der Waals surface area contributed by atoms with Gasteiger partial charge in [0.1, 0.15) is 5.69 Å². The van der Waals surface area contributed by atoms with Gasteiger partial charge in [-0.3, -0.25) is 4.48 Å². The predicted molar refractivity (Wildman–Crippen MR) is 119 cm³/mol. The number of likely N-dealkylation sites (tertiary alicyclic amines) is 1. The molecule has 0 spiro atoms. The number of hydrogen-bond donors (Lipinski definition) is 0. The van der Waals surface area contributed by atoms with Gasteiger partial charge in [0.25, 0.3) is 0 Å². The molecule has 0 atom stereocenters. The zero-order chi connectivity index (χ0) is 18.3. The van der Waals surface area contributed by atoms with Crippen LogP contribution in [0.1, 0.15) is 32.6 Å². The summed E-state index contributed by atoms with van der Waals surface area (Å²) in [6.07, 6.45) is 5.34. The van der Waals surface area contributed by atoms with E-state index in [1.54, 1.807) is 0 Å². The molecule has 1 saturated heterocycles. The smallest absolute Gasteiger partial charge is 0.133 e. The van der Waals surface area contributed by atoms with Crippen molar-refractivity contribution in [2.24, 2.45) is 0 Å². The Hall–Kier alpha value is -2.38. The molecule has 27 heavy (non-hydrogen) atoms. The second kappa shape index (κ2) is 6.65. The fraction of sp³-hybridized carbons (Fsp3) is 0.308. The van der Waals surface area contributed by atoms with Crippen LogP contribution in [0.5, 0.6) is 0 Å². The van der Waals surface area contributed by atoms with Crippen molar-refractivity contribution in [1.29, 1.82) is 0 Å². The number of nitrogens with zero attached hydrogens (tertiary/aromatic N) is 1. The molecule has 5 rings (SSSR count). The molecule has 0 N–H and O–H groups in total. The quantitative estimate of drug-likeness (QED) is 0.272. The Bertz CT molecular complexity index is 1120. The Labute approximate surface area is 161 Å². The molecule has 0 radical (unpaired) electrons. The monoisotopic (exact) mass is 354 g/mol. The van der Waals surface area contributed by atoms with Crippen LogP contribution in [0, 0.1) is 0 Å². The third-order valence-electron chi connectivity index (χ3n) is 6.64. The lowest BCUT2D eigenvalue weighted by Gasteiger charge is -2.34. The summed E-state index contributed by atoms with van der Waals surface area (Å²) in [6.45, 7) is 6.22. The normalized spacial score (nSPS) is 16.5. The van der Waals surface area contributed by atoms with Crippen LogP contribution in [0.4, 0.5) is 5.69 Å².